The molecule has 0 saturated heterocycles. The zero-order valence-electron chi connectivity index (χ0n) is 15.8. The number of carbonyl (C=O) groups is 2. The summed E-state index contributed by atoms with van der Waals surface area (Å²) >= 11 is 0. The Balaban J connectivity index is 1.50. The summed E-state index contributed by atoms with van der Waals surface area (Å²) in [4.78, 5) is 24.4. The molecule has 6 nitrogen and oxygen atoms in total. The zero-order valence-corrected chi connectivity index (χ0v) is 15.8. The summed E-state index contributed by atoms with van der Waals surface area (Å²) in [5.74, 6) is -0.840. The van der Waals surface area contributed by atoms with Crippen LogP contribution in [0.3, 0.4) is 0 Å². The Labute approximate surface area is 166 Å². The molecule has 29 heavy (non-hydrogen) atoms. The van der Waals surface area contributed by atoms with Gasteiger partial charge in [0.15, 0.2) is 18.1 Å². The average Bonchev–Trinajstić information content (AvgIpc) is 3.53. The number of rotatable bonds is 9. The summed E-state index contributed by atoms with van der Waals surface area (Å²) in [7, 11) is 1.33. The Bertz CT molecular complexity index is 869. The van der Waals surface area contributed by atoms with Crippen molar-refractivity contribution >= 4 is 11.9 Å². The topological polar surface area (TPSA) is 73.9 Å². The molecule has 154 valence electrons. The predicted molar refractivity (Wildman–Crippen MR) is 99.8 cm³/mol. The number of carbonyl (C=O) groups excluding carboxylic acids is 2. The molecule has 1 aliphatic carbocycles. The molecule has 0 unspecified atom stereocenters. The van der Waals surface area contributed by atoms with E-state index in [0.717, 1.165) is 5.56 Å². The maximum absolute atomic E-state index is 12.4. The molecule has 1 amide bonds. The second kappa shape index (κ2) is 8.89. The van der Waals surface area contributed by atoms with Crippen molar-refractivity contribution in [2.24, 2.45) is 0 Å². The first kappa shape index (κ1) is 20.6. The van der Waals surface area contributed by atoms with Crippen LogP contribution >= 0.6 is 0 Å². The van der Waals surface area contributed by atoms with E-state index in [2.05, 4.69) is 10.1 Å². The van der Waals surface area contributed by atoms with Crippen LogP contribution in [0.2, 0.25) is 0 Å². The average molecular weight is 405 g/mol. The molecule has 0 heterocycles. The van der Waals surface area contributed by atoms with Crippen LogP contribution in [0, 0.1) is 0 Å². The number of hydrogen-bond donors (Lipinski definition) is 1. The van der Waals surface area contributed by atoms with Crippen LogP contribution in [0.5, 0.6) is 11.5 Å². The lowest BCUT2D eigenvalue weighted by Crippen LogP contribution is -2.31. The van der Waals surface area contributed by atoms with E-state index >= 15 is 0 Å². The third kappa shape index (κ3) is 5.01. The smallest absolute Gasteiger partial charge is 0.387 e. The summed E-state index contributed by atoms with van der Waals surface area (Å²) in [5.41, 5.74) is 0.866. The Morgan fingerprint density at radius 1 is 1.10 bits per heavy atom. The third-order valence-corrected chi connectivity index (χ3v) is 4.74. The third-order valence-electron chi connectivity index (χ3n) is 4.74. The summed E-state index contributed by atoms with van der Waals surface area (Å²) in [6, 6.07) is 13.7. The van der Waals surface area contributed by atoms with E-state index in [1.54, 1.807) is 0 Å². The highest BCUT2D eigenvalue weighted by Gasteiger charge is 2.52. The van der Waals surface area contributed by atoms with E-state index in [0.29, 0.717) is 18.4 Å². The predicted octanol–water partition coefficient (Wildman–Crippen LogP) is 3.19. The highest BCUT2D eigenvalue weighted by Crippen LogP contribution is 2.49. The number of alkyl halides is 2. The van der Waals surface area contributed by atoms with Gasteiger partial charge in [-0.2, -0.15) is 8.78 Å². The minimum Gasteiger partial charge on any atom is -0.493 e. The fraction of sp³-hybridized carbons (Fsp3) is 0.333. The van der Waals surface area contributed by atoms with Gasteiger partial charge in [0.25, 0.3) is 5.91 Å². The quantitative estimate of drug-likeness (QED) is 0.649. The van der Waals surface area contributed by atoms with Crippen molar-refractivity contribution in [2.75, 3.05) is 13.7 Å². The Morgan fingerprint density at radius 3 is 2.45 bits per heavy atom. The second-order valence-electron chi connectivity index (χ2n) is 6.66. The first-order chi connectivity index (χ1) is 13.9. The fourth-order valence-electron chi connectivity index (χ4n) is 3.03. The molecule has 0 bridgehead atoms. The Hall–Kier alpha value is -3.16. The van der Waals surface area contributed by atoms with Crippen LogP contribution in [0.1, 0.15) is 24.0 Å². The van der Waals surface area contributed by atoms with Crippen molar-refractivity contribution in [1.82, 2.24) is 5.32 Å². The largest absolute Gasteiger partial charge is 0.493 e. The maximum Gasteiger partial charge on any atom is 0.387 e. The van der Waals surface area contributed by atoms with Crippen LogP contribution in [0.25, 0.3) is 0 Å². The summed E-state index contributed by atoms with van der Waals surface area (Å²) in [6.45, 7) is -3.24. The van der Waals surface area contributed by atoms with Gasteiger partial charge in [0.05, 0.1) is 12.5 Å². The number of benzene rings is 2. The standard InChI is InChI=1S/C21H21F2NO5/c1-27-17-11-14(7-8-16(17)29-20(22)23)12-24-18(25)13-28-19(26)21(9-10-21)15-5-3-2-4-6-15/h2-8,11,20H,9-10,12-13H2,1H3,(H,24,25). The van der Waals surface area contributed by atoms with Gasteiger partial charge in [-0.15, -0.1) is 0 Å². The van der Waals surface area contributed by atoms with Crippen LogP contribution in [0.15, 0.2) is 48.5 Å². The Morgan fingerprint density at radius 2 is 1.83 bits per heavy atom. The number of esters is 1. The minimum atomic E-state index is -2.96. The van der Waals surface area contributed by atoms with Gasteiger partial charge in [-0.05, 0) is 36.1 Å². The van der Waals surface area contributed by atoms with E-state index in [9.17, 15) is 18.4 Å². The zero-order chi connectivity index (χ0) is 20.9. The summed E-state index contributed by atoms with van der Waals surface area (Å²) < 4.78 is 39.3. The van der Waals surface area contributed by atoms with Crippen molar-refractivity contribution in [2.45, 2.75) is 31.4 Å². The van der Waals surface area contributed by atoms with Crippen molar-refractivity contribution in [3.63, 3.8) is 0 Å². The van der Waals surface area contributed by atoms with Gasteiger partial charge in [0.2, 0.25) is 0 Å². The SMILES string of the molecule is COc1cc(CNC(=O)COC(=O)C2(c3ccccc3)CC2)ccc1OC(F)F. The number of hydrogen-bond acceptors (Lipinski definition) is 5. The van der Waals surface area contributed by atoms with E-state index in [4.69, 9.17) is 9.47 Å². The monoisotopic (exact) mass is 405 g/mol. The number of nitrogens with one attached hydrogen (secondary N) is 1. The molecule has 1 fully saturated rings. The summed E-state index contributed by atoms with van der Waals surface area (Å²) in [6.07, 6.45) is 1.40. The van der Waals surface area contributed by atoms with E-state index < -0.39 is 30.5 Å². The number of ether oxygens (including phenoxy) is 3. The van der Waals surface area contributed by atoms with Gasteiger partial charge in [-0.3, -0.25) is 9.59 Å². The van der Waals surface area contributed by atoms with E-state index in [1.165, 1.54) is 25.3 Å². The van der Waals surface area contributed by atoms with Crippen LogP contribution < -0.4 is 14.8 Å². The van der Waals surface area contributed by atoms with Gasteiger partial charge in [-0.1, -0.05) is 36.4 Å². The summed E-state index contributed by atoms with van der Waals surface area (Å²) in [5, 5.41) is 2.62. The van der Waals surface area contributed by atoms with Gasteiger partial charge in [-0.25, -0.2) is 0 Å². The first-order valence-electron chi connectivity index (χ1n) is 9.06. The van der Waals surface area contributed by atoms with Crippen molar-refractivity contribution in [3.05, 3.63) is 59.7 Å². The lowest BCUT2D eigenvalue weighted by molar-refractivity contribution is -0.151. The molecule has 1 N–H and O–H groups in total. The molecule has 0 atom stereocenters. The molecule has 2 aromatic carbocycles. The number of methoxy groups -OCH3 is 1. The van der Waals surface area contributed by atoms with Crippen LogP contribution in [-0.2, 0) is 26.3 Å². The highest BCUT2D eigenvalue weighted by molar-refractivity contribution is 5.88. The molecule has 1 saturated carbocycles. The van der Waals surface area contributed by atoms with Gasteiger partial charge in [0, 0.05) is 6.54 Å². The number of amides is 1. The molecule has 3 rings (SSSR count). The molecule has 2 aromatic rings. The lowest BCUT2D eigenvalue weighted by Gasteiger charge is -2.15. The molecule has 0 spiro atoms. The highest BCUT2D eigenvalue weighted by atomic mass is 19.3. The van der Waals surface area contributed by atoms with Gasteiger partial charge < -0.3 is 19.5 Å². The first-order valence-corrected chi connectivity index (χ1v) is 9.06. The van der Waals surface area contributed by atoms with E-state index in [-0.39, 0.29) is 18.0 Å². The van der Waals surface area contributed by atoms with Gasteiger partial charge >= 0.3 is 12.6 Å². The normalized spacial score (nSPS) is 14.2. The molecular formula is C21H21F2NO5. The van der Waals surface area contributed by atoms with Crippen molar-refractivity contribution < 1.29 is 32.6 Å². The lowest BCUT2D eigenvalue weighted by atomic mass is 9.96. The molecule has 0 radical (unpaired) electrons. The van der Waals surface area contributed by atoms with E-state index in [1.807, 2.05) is 30.3 Å². The molecule has 1 aliphatic rings. The van der Waals surface area contributed by atoms with Gasteiger partial charge in [0.1, 0.15) is 0 Å². The molecule has 0 aromatic heterocycles. The Kier molecular flexibility index (Phi) is 6.31. The van der Waals surface area contributed by atoms with Crippen molar-refractivity contribution in [3.8, 4) is 11.5 Å². The minimum absolute atomic E-state index is 0.0952. The molecule has 0 aliphatic heterocycles. The van der Waals surface area contributed by atoms with Crippen LogP contribution in [0.4, 0.5) is 8.78 Å². The second-order valence-corrected chi connectivity index (χ2v) is 6.66. The maximum atomic E-state index is 12.4. The van der Waals surface area contributed by atoms with Crippen LogP contribution in [-0.4, -0.2) is 32.2 Å². The fourth-order valence-corrected chi connectivity index (χ4v) is 3.03. The van der Waals surface area contributed by atoms with Crippen molar-refractivity contribution in [1.29, 1.82) is 0 Å². The molecular weight excluding hydrogens is 384 g/mol. The molecule has 8 heteroatoms. The number of halogens is 2.